The Morgan fingerprint density at radius 2 is 1.94 bits per heavy atom. The van der Waals surface area contributed by atoms with Crippen molar-refractivity contribution < 1.29 is 19.0 Å². The van der Waals surface area contributed by atoms with Gasteiger partial charge in [-0.05, 0) is 75.0 Å². The Morgan fingerprint density at radius 1 is 1.19 bits per heavy atom. The van der Waals surface area contributed by atoms with Crippen LogP contribution >= 0.6 is 12.2 Å². The van der Waals surface area contributed by atoms with Gasteiger partial charge in [0, 0.05) is 12.6 Å². The van der Waals surface area contributed by atoms with Crippen molar-refractivity contribution in [1.82, 2.24) is 9.80 Å². The molecule has 1 fully saturated rings. The van der Waals surface area contributed by atoms with E-state index in [1.54, 1.807) is 6.07 Å². The van der Waals surface area contributed by atoms with Crippen molar-refractivity contribution >= 4 is 29.0 Å². The maximum atomic E-state index is 12.2. The van der Waals surface area contributed by atoms with Crippen LogP contribution in [0.1, 0.15) is 28.8 Å². The standard InChI is InChI=1S/C23H27N3O4S/c1-25-11-9-17(10-12-25)26(14-16-7-8-20-21(13-16)30-15-29-20)23(31)24-19-6-4-3-5-18(19)22(27)28-2/h3-8,13,17H,9-12,14-15H2,1-2H3,(H,24,31). The van der Waals surface area contributed by atoms with Gasteiger partial charge < -0.3 is 29.3 Å². The first-order chi connectivity index (χ1) is 15.0. The Balaban J connectivity index is 1.57. The summed E-state index contributed by atoms with van der Waals surface area (Å²) in [6.45, 7) is 2.92. The third-order valence-electron chi connectivity index (χ3n) is 5.75. The minimum atomic E-state index is -0.396. The lowest BCUT2D eigenvalue weighted by atomic mass is 10.0. The number of rotatable bonds is 5. The lowest BCUT2D eigenvalue weighted by molar-refractivity contribution is 0.0602. The normalized spacial score (nSPS) is 16.1. The highest BCUT2D eigenvalue weighted by Crippen LogP contribution is 2.33. The zero-order valence-corrected chi connectivity index (χ0v) is 18.6. The average molecular weight is 442 g/mol. The first-order valence-electron chi connectivity index (χ1n) is 10.4. The molecule has 2 aromatic carbocycles. The molecule has 1 saturated heterocycles. The predicted octanol–water partition coefficient (Wildman–Crippen LogP) is 3.50. The van der Waals surface area contributed by atoms with Gasteiger partial charge in [0.15, 0.2) is 16.6 Å². The molecule has 0 unspecified atom stereocenters. The summed E-state index contributed by atoms with van der Waals surface area (Å²) in [6.07, 6.45) is 2.03. The van der Waals surface area contributed by atoms with Crippen LogP contribution in [0, 0.1) is 0 Å². The van der Waals surface area contributed by atoms with Crippen molar-refractivity contribution in [3.63, 3.8) is 0 Å². The zero-order chi connectivity index (χ0) is 21.8. The van der Waals surface area contributed by atoms with Crippen LogP contribution in [0.15, 0.2) is 42.5 Å². The van der Waals surface area contributed by atoms with Crippen molar-refractivity contribution in [3.8, 4) is 11.5 Å². The number of carbonyl (C=O) groups is 1. The first-order valence-corrected chi connectivity index (χ1v) is 10.8. The SMILES string of the molecule is COC(=O)c1ccccc1NC(=S)N(Cc1ccc2c(c1)OCO2)C1CCN(C)CC1. The molecule has 2 aliphatic rings. The van der Waals surface area contributed by atoms with E-state index < -0.39 is 5.97 Å². The number of para-hydroxylation sites is 1. The van der Waals surface area contributed by atoms with E-state index in [2.05, 4.69) is 22.2 Å². The number of thiocarbonyl (C=S) groups is 1. The van der Waals surface area contributed by atoms with E-state index in [0.29, 0.717) is 28.9 Å². The second-order valence-electron chi connectivity index (χ2n) is 7.82. The number of fused-ring (bicyclic) bond motifs is 1. The number of ether oxygens (including phenoxy) is 3. The average Bonchev–Trinajstić information content (AvgIpc) is 3.26. The Bertz CT molecular complexity index is 960. The molecule has 0 aliphatic carbocycles. The number of methoxy groups -OCH3 is 1. The molecule has 0 amide bonds. The molecule has 1 N–H and O–H groups in total. The number of esters is 1. The smallest absolute Gasteiger partial charge is 0.339 e. The summed E-state index contributed by atoms with van der Waals surface area (Å²) < 4.78 is 15.9. The first kappa shape index (κ1) is 21.4. The second kappa shape index (κ2) is 9.53. The van der Waals surface area contributed by atoms with Crippen LogP contribution in [0.4, 0.5) is 5.69 Å². The predicted molar refractivity (Wildman–Crippen MR) is 123 cm³/mol. The van der Waals surface area contributed by atoms with Gasteiger partial charge in [-0.1, -0.05) is 18.2 Å². The number of nitrogens with one attached hydrogen (secondary N) is 1. The number of benzene rings is 2. The van der Waals surface area contributed by atoms with E-state index in [1.807, 2.05) is 36.4 Å². The van der Waals surface area contributed by atoms with E-state index in [9.17, 15) is 4.79 Å². The molecule has 0 aromatic heterocycles. The van der Waals surface area contributed by atoms with Gasteiger partial charge in [-0.3, -0.25) is 0 Å². The number of piperidine rings is 1. The van der Waals surface area contributed by atoms with Crippen LogP contribution in [0.5, 0.6) is 11.5 Å². The largest absolute Gasteiger partial charge is 0.465 e. The summed E-state index contributed by atoms with van der Waals surface area (Å²) >= 11 is 5.84. The molecular weight excluding hydrogens is 414 g/mol. The molecule has 0 bridgehead atoms. The number of hydrogen-bond donors (Lipinski definition) is 1. The fourth-order valence-corrected chi connectivity index (χ4v) is 4.30. The maximum Gasteiger partial charge on any atom is 0.339 e. The zero-order valence-electron chi connectivity index (χ0n) is 17.8. The summed E-state index contributed by atoms with van der Waals surface area (Å²) in [7, 11) is 3.52. The molecule has 7 nitrogen and oxygen atoms in total. The Hall–Kier alpha value is -2.84. The van der Waals surface area contributed by atoms with E-state index in [0.717, 1.165) is 43.0 Å². The third-order valence-corrected chi connectivity index (χ3v) is 6.09. The van der Waals surface area contributed by atoms with Crippen LogP contribution in [0.3, 0.4) is 0 Å². The minimum Gasteiger partial charge on any atom is -0.465 e. The monoisotopic (exact) mass is 441 g/mol. The van der Waals surface area contributed by atoms with Gasteiger partial charge in [-0.25, -0.2) is 4.79 Å². The number of likely N-dealkylation sites (tertiary alicyclic amines) is 1. The molecule has 2 aliphatic heterocycles. The van der Waals surface area contributed by atoms with Crippen LogP contribution in [-0.4, -0.2) is 61.0 Å². The van der Waals surface area contributed by atoms with Gasteiger partial charge >= 0.3 is 5.97 Å². The van der Waals surface area contributed by atoms with Crippen molar-refractivity contribution in [2.75, 3.05) is 39.4 Å². The van der Waals surface area contributed by atoms with Gasteiger partial charge in [0.2, 0.25) is 6.79 Å². The van der Waals surface area contributed by atoms with Gasteiger partial charge in [0.25, 0.3) is 0 Å². The molecule has 0 radical (unpaired) electrons. The quantitative estimate of drug-likeness (QED) is 0.559. The van der Waals surface area contributed by atoms with E-state index in [1.165, 1.54) is 7.11 Å². The van der Waals surface area contributed by atoms with Crippen molar-refractivity contribution in [1.29, 1.82) is 0 Å². The fraction of sp³-hybridized carbons (Fsp3) is 0.391. The molecule has 31 heavy (non-hydrogen) atoms. The Kier molecular flexibility index (Phi) is 6.58. The highest BCUT2D eigenvalue weighted by molar-refractivity contribution is 7.80. The molecule has 4 rings (SSSR count). The highest BCUT2D eigenvalue weighted by Gasteiger charge is 2.27. The molecule has 0 spiro atoms. The lowest BCUT2D eigenvalue weighted by Crippen LogP contribution is -2.47. The van der Waals surface area contributed by atoms with E-state index in [4.69, 9.17) is 26.4 Å². The summed E-state index contributed by atoms with van der Waals surface area (Å²) in [6, 6.07) is 13.5. The molecule has 2 aromatic rings. The van der Waals surface area contributed by atoms with Gasteiger partial charge in [0.05, 0.1) is 18.4 Å². The molecule has 0 saturated carbocycles. The number of anilines is 1. The lowest BCUT2D eigenvalue weighted by Gasteiger charge is -2.39. The molecule has 2 heterocycles. The molecular formula is C23H27N3O4S. The van der Waals surface area contributed by atoms with Crippen LogP contribution in [0.25, 0.3) is 0 Å². The second-order valence-corrected chi connectivity index (χ2v) is 8.20. The van der Waals surface area contributed by atoms with Crippen LogP contribution in [0.2, 0.25) is 0 Å². The maximum absolute atomic E-state index is 12.2. The topological polar surface area (TPSA) is 63.3 Å². The number of carbonyl (C=O) groups excluding carboxylic acids is 1. The van der Waals surface area contributed by atoms with Gasteiger partial charge in [0.1, 0.15) is 0 Å². The molecule has 0 atom stereocenters. The van der Waals surface area contributed by atoms with E-state index in [-0.39, 0.29) is 6.79 Å². The summed E-state index contributed by atoms with van der Waals surface area (Å²) in [5, 5.41) is 3.88. The van der Waals surface area contributed by atoms with Crippen molar-refractivity contribution in [2.24, 2.45) is 0 Å². The summed E-state index contributed by atoms with van der Waals surface area (Å²) in [5.74, 6) is 1.13. The fourth-order valence-electron chi connectivity index (χ4n) is 3.98. The highest BCUT2D eigenvalue weighted by atomic mass is 32.1. The summed E-state index contributed by atoms with van der Waals surface area (Å²) in [4.78, 5) is 16.7. The Labute approximate surface area is 187 Å². The van der Waals surface area contributed by atoms with Gasteiger partial charge in [-0.15, -0.1) is 0 Å². The van der Waals surface area contributed by atoms with Crippen molar-refractivity contribution in [3.05, 3.63) is 53.6 Å². The number of hydrogen-bond acceptors (Lipinski definition) is 6. The minimum absolute atomic E-state index is 0.252. The van der Waals surface area contributed by atoms with E-state index >= 15 is 0 Å². The molecule has 164 valence electrons. The van der Waals surface area contributed by atoms with Crippen LogP contribution < -0.4 is 14.8 Å². The summed E-state index contributed by atoms with van der Waals surface area (Å²) in [5.41, 5.74) is 2.19. The Morgan fingerprint density at radius 3 is 2.71 bits per heavy atom. The number of nitrogens with zero attached hydrogens (tertiary/aromatic N) is 2. The van der Waals surface area contributed by atoms with Gasteiger partial charge in [-0.2, -0.15) is 0 Å². The molecule has 8 heteroatoms. The third kappa shape index (κ3) is 4.91. The van der Waals surface area contributed by atoms with Crippen molar-refractivity contribution in [2.45, 2.75) is 25.4 Å². The van der Waals surface area contributed by atoms with Crippen LogP contribution in [-0.2, 0) is 11.3 Å².